The number of methoxy groups -OCH3 is 1. The monoisotopic (exact) mass is 638 g/mol. The van der Waals surface area contributed by atoms with Gasteiger partial charge in [0, 0.05) is 63.5 Å². The summed E-state index contributed by atoms with van der Waals surface area (Å²) in [4.78, 5) is 35.4. The number of benzene rings is 2. The van der Waals surface area contributed by atoms with Crippen molar-refractivity contribution in [2.24, 2.45) is 0 Å². The highest BCUT2D eigenvalue weighted by atomic mass is 16.7. The summed E-state index contributed by atoms with van der Waals surface area (Å²) < 4.78 is 5.89. The van der Waals surface area contributed by atoms with Crippen LogP contribution in [0.25, 0.3) is 0 Å². The predicted octanol–water partition coefficient (Wildman–Crippen LogP) is 4.86. The Bertz CT molecular complexity index is 1530. The third-order valence-electron chi connectivity index (χ3n) is 9.96. The summed E-state index contributed by atoms with van der Waals surface area (Å²) in [5.74, 6) is 1.69. The van der Waals surface area contributed by atoms with Crippen LogP contribution in [0.15, 0.2) is 67.5 Å². The van der Waals surface area contributed by atoms with Crippen molar-refractivity contribution in [3.63, 3.8) is 0 Å². The van der Waals surface area contributed by atoms with Crippen molar-refractivity contribution >= 4 is 34.6 Å². The molecule has 3 aliphatic heterocycles. The summed E-state index contributed by atoms with van der Waals surface area (Å²) in [7, 11) is 1.66. The first kappa shape index (κ1) is 31.4. The molecule has 2 N–H and O–H groups in total. The lowest BCUT2D eigenvalue weighted by Crippen LogP contribution is -2.53. The molecule has 4 heterocycles. The van der Waals surface area contributed by atoms with E-state index in [4.69, 9.17) is 9.57 Å². The first-order valence-electron chi connectivity index (χ1n) is 17.0. The average Bonchev–Trinajstić information content (AvgIpc) is 3.87. The van der Waals surface area contributed by atoms with Crippen molar-refractivity contribution in [1.29, 1.82) is 0 Å². The number of nitrogens with zero attached hydrogens (tertiary/aromatic N) is 6. The molecule has 3 saturated heterocycles. The Balaban J connectivity index is 1.06. The van der Waals surface area contributed by atoms with Gasteiger partial charge in [0.25, 0.3) is 0 Å². The van der Waals surface area contributed by atoms with Crippen LogP contribution in [0.5, 0.6) is 5.75 Å². The largest absolute Gasteiger partial charge is 0.494 e. The predicted molar refractivity (Wildman–Crippen MR) is 186 cm³/mol. The normalized spacial score (nSPS) is 21.1. The molecular formula is C36H46N8O3. The topological polar surface area (TPSA) is 98.3 Å². The molecule has 1 amide bonds. The van der Waals surface area contributed by atoms with Crippen LogP contribution >= 0.6 is 0 Å². The molecule has 7 rings (SSSR count). The molecule has 11 nitrogen and oxygen atoms in total. The molecule has 1 aromatic heterocycles. The Morgan fingerprint density at radius 3 is 2.34 bits per heavy atom. The van der Waals surface area contributed by atoms with E-state index in [-0.39, 0.29) is 11.9 Å². The zero-order valence-electron chi connectivity index (χ0n) is 27.3. The van der Waals surface area contributed by atoms with E-state index in [0.29, 0.717) is 41.4 Å². The maximum Gasteiger partial charge on any atom is 0.247 e. The Morgan fingerprint density at radius 1 is 0.936 bits per heavy atom. The van der Waals surface area contributed by atoms with Crippen LogP contribution in [0.1, 0.15) is 37.7 Å². The smallest absolute Gasteiger partial charge is 0.247 e. The number of amides is 1. The third-order valence-corrected chi connectivity index (χ3v) is 9.96. The van der Waals surface area contributed by atoms with Gasteiger partial charge in [0.1, 0.15) is 17.9 Å². The first-order chi connectivity index (χ1) is 23.1. The number of anilines is 5. The number of piperidine rings is 1. The molecule has 47 heavy (non-hydrogen) atoms. The number of piperazine rings is 1. The van der Waals surface area contributed by atoms with E-state index < -0.39 is 0 Å². The van der Waals surface area contributed by atoms with Crippen LogP contribution in [-0.2, 0) is 16.1 Å². The molecule has 0 radical (unpaired) electrons. The number of hydroxylamine groups is 1. The third kappa shape index (κ3) is 7.37. The van der Waals surface area contributed by atoms with E-state index >= 15 is 0 Å². The fraction of sp³-hybridized carbons (Fsp3) is 0.472. The lowest BCUT2D eigenvalue weighted by molar-refractivity contribution is -0.111. The lowest BCUT2D eigenvalue weighted by atomic mass is 10.0. The van der Waals surface area contributed by atoms with Crippen molar-refractivity contribution < 1.29 is 14.4 Å². The van der Waals surface area contributed by atoms with Gasteiger partial charge >= 0.3 is 0 Å². The second-order valence-corrected chi connectivity index (χ2v) is 13.0. The fourth-order valence-electron chi connectivity index (χ4n) is 7.27. The summed E-state index contributed by atoms with van der Waals surface area (Å²) in [6, 6.07) is 17.9. The van der Waals surface area contributed by atoms with Gasteiger partial charge in [-0.3, -0.25) is 19.4 Å². The van der Waals surface area contributed by atoms with Crippen LogP contribution in [0, 0.1) is 0 Å². The van der Waals surface area contributed by atoms with Crippen molar-refractivity contribution in [3.05, 3.63) is 73.1 Å². The Hall–Kier alpha value is -4.19. The summed E-state index contributed by atoms with van der Waals surface area (Å²) in [5, 5.41) is 8.36. The van der Waals surface area contributed by atoms with Crippen LogP contribution in [0.4, 0.5) is 28.7 Å². The van der Waals surface area contributed by atoms with Gasteiger partial charge in [-0.1, -0.05) is 36.9 Å². The van der Waals surface area contributed by atoms with Crippen LogP contribution in [-0.4, -0.2) is 96.8 Å². The number of aromatic nitrogens is 2. The van der Waals surface area contributed by atoms with Crippen molar-refractivity contribution in [1.82, 2.24) is 19.8 Å². The summed E-state index contributed by atoms with van der Waals surface area (Å²) in [5.41, 5.74) is 3.59. The number of carbonyl (C=O) groups excluding carboxylic acids is 1. The van der Waals surface area contributed by atoms with Gasteiger partial charge in [0.05, 0.1) is 36.8 Å². The molecule has 1 aliphatic carbocycles. The second-order valence-electron chi connectivity index (χ2n) is 13.0. The molecule has 4 fully saturated rings. The van der Waals surface area contributed by atoms with Gasteiger partial charge in [0.2, 0.25) is 5.91 Å². The molecule has 0 spiro atoms. The highest BCUT2D eigenvalue weighted by Crippen LogP contribution is 2.40. The standard InChI is InChI=1S/C36H46N8O3/c1-3-36(45)40-30-22-31(39-34-24-35(38-25-37-34)44-29(13-20-47-44)21-26-7-5-4-6-8-26)33(46-2)23-32(30)43-14-11-28(12-15-43)42-18-16-41(17-19-42)27-9-10-27/h3-8,22-25,27-29H,1,9-21H2,2H3,(H,40,45)(H,37,38,39)/t29-/m1/s1. The maximum atomic E-state index is 12.6. The molecule has 248 valence electrons. The molecular weight excluding hydrogens is 592 g/mol. The van der Waals surface area contributed by atoms with Gasteiger partial charge < -0.3 is 20.3 Å². The highest BCUT2D eigenvalue weighted by molar-refractivity contribution is 6.02. The van der Waals surface area contributed by atoms with E-state index in [0.717, 1.165) is 50.5 Å². The molecule has 1 saturated carbocycles. The Kier molecular flexibility index (Phi) is 9.55. The van der Waals surface area contributed by atoms with Crippen molar-refractivity contribution in [3.8, 4) is 5.75 Å². The van der Waals surface area contributed by atoms with E-state index in [1.54, 1.807) is 7.11 Å². The van der Waals surface area contributed by atoms with E-state index in [1.165, 1.54) is 57.0 Å². The molecule has 0 unspecified atom stereocenters. The maximum absolute atomic E-state index is 12.6. The number of rotatable bonds is 11. The van der Waals surface area contributed by atoms with Gasteiger partial charge in [-0.2, -0.15) is 0 Å². The highest BCUT2D eigenvalue weighted by Gasteiger charge is 2.34. The van der Waals surface area contributed by atoms with Crippen molar-refractivity contribution in [2.45, 2.75) is 56.7 Å². The minimum atomic E-state index is -0.259. The first-order valence-corrected chi connectivity index (χ1v) is 17.0. The Labute approximate surface area is 277 Å². The number of nitrogens with one attached hydrogen (secondary N) is 2. The van der Waals surface area contributed by atoms with Gasteiger partial charge in [-0.15, -0.1) is 0 Å². The molecule has 1 atom stereocenters. The quantitative estimate of drug-likeness (QED) is 0.284. The number of hydrogen-bond acceptors (Lipinski definition) is 10. The fourth-order valence-corrected chi connectivity index (χ4v) is 7.27. The number of ether oxygens (including phenoxy) is 1. The summed E-state index contributed by atoms with van der Waals surface area (Å²) >= 11 is 0. The second kappa shape index (κ2) is 14.3. The molecule has 3 aromatic rings. The minimum Gasteiger partial charge on any atom is -0.494 e. The lowest BCUT2D eigenvalue weighted by Gasteiger charge is -2.43. The van der Waals surface area contributed by atoms with E-state index in [1.807, 2.05) is 29.3 Å². The number of carbonyl (C=O) groups is 1. The zero-order valence-corrected chi connectivity index (χ0v) is 27.3. The molecule has 11 heteroatoms. The minimum absolute atomic E-state index is 0.172. The molecule has 4 aliphatic rings. The van der Waals surface area contributed by atoms with E-state index in [2.05, 4.69) is 66.1 Å². The molecule has 0 bridgehead atoms. The van der Waals surface area contributed by atoms with Crippen LogP contribution in [0.2, 0.25) is 0 Å². The SMILES string of the molecule is C=CC(=O)Nc1cc(Nc2cc(N3OCC[C@@H]3Cc3ccccc3)ncn2)c(OC)cc1N1CCC(N2CCN(C3CC3)CC2)CC1. The summed E-state index contributed by atoms with van der Waals surface area (Å²) in [6.07, 6.45) is 9.56. The van der Waals surface area contributed by atoms with Crippen molar-refractivity contribution in [2.75, 3.05) is 73.6 Å². The molecule has 2 aromatic carbocycles. The van der Waals surface area contributed by atoms with E-state index in [9.17, 15) is 4.79 Å². The zero-order chi connectivity index (χ0) is 32.2. The van der Waals surface area contributed by atoms with Crippen LogP contribution < -0.4 is 25.3 Å². The summed E-state index contributed by atoms with van der Waals surface area (Å²) in [6.45, 7) is 10.9. The Morgan fingerprint density at radius 2 is 1.66 bits per heavy atom. The van der Waals surface area contributed by atoms with Gasteiger partial charge in [0.15, 0.2) is 5.82 Å². The van der Waals surface area contributed by atoms with Crippen LogP contribution in [0.3, 0.4) is 0 Å². The van der Waals surface area contributed by atoms with Gasteiger partial charge in [-0.05, 0) is 56.2 Å². The van der Waals surface area contributed by atoms with Gasteiger partial charge in [-0.25, -0.2) is 15.0 Å². The average molecular weight is 639 g/mol. The number of hydrogen-bond donors (Lipinski definition) is 2.